The van der Waals surface area contributed by atoms with Gasteiger partial charge < -0.3 is 14.0 Å². The van der Waals surface area contributed by atoms with Crippen LogP contribution in [0, 0.1) is 31.4 Å². The Morgan fingerprint density at radius 3 is 2.58 bits per heavy atom. The normalized spacial score (nSPS) is 12.3. The number of hydrogen-bond donors (Lipinski definition) is 0. The predicted molar refractivity (Wildman–Crippen MR) is 179 cm³/mol. The van der Waals surface area contributed by atoms with Crippen molar-refractivity contribution in [1.82, 2.24) is 19.5 Å². The van der Waals surface area contributed by atoms with Gasteiger partial charge in [-0.05, 0) is 61.2 Å². The Morgan fingerprint density at radius 1 is 0.911 bits per heavy atom. The molecule has 0 saturated carbocycles. The summed E-state index contributed by atoms with van der Waals surface area (Å²) in [5.41, 5.74) is 11.7. The van der Waals surface area contributed by atoms with Gasteiger partial charge in [0, 0.05) is 49.5 Å². The molecule has 0 aliphatic carbocycles. The summed E-state index contributed by atoms with van der Waals surface area (Å²) in [5.74, 6) is 1.01. The Kier molecular flexibility index (Phi) is 8.30. The maximum Gasteiger partial charge on any atom is 0.216 e. The van der Waals surface area contributed by atoms with Crippen LogP contribution in [0.2, 0.25) is 0 Å². The molecule has 0 spiro atoms. The van der Waals surface area contributed by atoms with Gasteiger partial charge in [0.05, 0.1) is 22.4 Å². The van der Waals surface area contributed by atoms with Crippen molar-refractivity contribution in [3.8, 4) is 22.6 Å². The molecule has 0 amide bonds. The Labute approximate surface area is 277 Å². The van der Waals surface area contributed by atoms with Crippen LogP contribution in [-0.2, 0) is 33.1 Å². The van der Waals surface area contributed by atoms with Crippen molar-refractivity contribution in [1.29, 1.82) is 0 Å². The van der Waals surface area contributed by atoms with Crippen LogP contribution in [-0.4, -0.2) is 19.5 Å². The fourth-order valence-electron chi connectivity index (χ4n) is 5.99. The maximum atomic E-state index is 6.08. The number of aryl methyl sites for hydroxylation is 2. The predicted octanol–water partition coefficient (Wildman–Crippen LogP) is 9.58. The molecule has 5 heterocycles. The van der Waals surface area contributed by atoms with Crippen LogP contribution in [0.15, 0.2) is 89.5 Å². The van der Waals surface area contributed by atoms with E-state index in [1.54, 1.807) is 0 Å². The minimum Gasteiger partial charge on any atom is -0.486 e. The van der Waals surface area contributed by atoms with Crippen LogP contribution in [0.25, 0.3) is 61.8 Å². The zero-order valence-electron chi connectivity index (χ0n) is 26.1. The molecule has 227 valence electrons. The van der Waals surface area contributed by atoms with Crippen molar-refractivity contribution < 1.29 is 24.5 Å². The van der Waals surface area contributed by atoms with Crippen LogP contribution < -0.4 is 0 Å². The molecular formula is C39H34IrN4O-2. The van der Waals surface area contributed by atoms with Gasteiger partial charge in [-0.3, -0.25) is 4.98 Å². The SMILES string of the molecule is Cc1ccc2c(n1)oc1c(-c3cc(CC(C)(C)C)ccn3)[c-]ccc12.Cc1ccc2nc(-c3[c-]cccc3)n3c2c1C=CC3.[Ir]. The van der Waals surface area contributed by atoms with Crippen LogP contribution >= 0.6 is 0 Å². The van der Waals surface area contributed by atoms with Gasteiger partial charge in [-0.1, -0.05) is 61.6 Å². The second-order valence-corrected chi connectivity index (χ2v) is 12.7. The zero-order chi connectivity index (χ0) is 30.4. The zero-order valence-corrected chi connectivity index (χ0v) is 28.5. The van der Waals surface area contributed by atoms with Gasteiger partial charge in [-0.25, -0.2) is 4.98 Å². The van der Waals surface area contributed by atoms with Gasteiger partial charge in [0.25, 0.3) is 0 Å². The summed E-state index contributed by atoms with van der Waals surface area (Å²) in [4.78, 5) is 13.9. The molecule has 1 radical (unpaired) electrons. The molecular weight excluding hydrogens is 733 g/mol. The molecule has 4 aromatic heterocycles. The van der Waals surface area contributed by atoms with E-state index in [9.17, 15) is 0 Å². The van der Waals surface area contributed by atoms with E-state index in [2.05, 4.69) is 103 Å². The minimum absolute atomic E-state index is 0. The number of rotatable bonds is 3. The second-order valence-electron chi connectivity index (χ2n) is 12.7. The molecule has 0 saturated heterocycles. The molecule has 3 aromatic carbocycles. The molecule has 8 rings (SSSR count). The molecule has 1 aliphatic heterocycles. The van der Waals surface area contributed by atoms with Crippen LogP contribution in [0.5, 0.6) is 0 Å². The van der Waals surface area contributed by atoms with Gasteiger partial charge in [-0.2, -0.15) is 0 Å². The molecule has 0 bridgehead atoms. The summed E-state index contributed by atoms with van der Waals surface area (Å²) >= 11 is 0. The third-order valence-electron chi connectivity index (χ3n) is 7.94. The summed E-state index contributed by atoms with van der Waals surface area (Å²) in [6.07, 6.45) is 7.27. The van der Waals surface area contributed by atoms with Gasteiger partial charge in [0.1, 0.15) is 0 Å². The van der Waals surface area contributed by atoms with E-state index < -0.39 is 0 Å². The first-order valence-electron chi connectivity index (χ1n) is 15.0. The van der Waals surface area contributed by atoms with E-state index in [0.717, 1.165) is 63.2 Å². The number of furan rings is 1. The van der Waals surface area contributed by atoms with Crippen molar-refractivity contribution >= 4 is 39.2 Å². The van der Waals surface area contributed by atoms with E-state index in [-0.39, 0.29) is 25.5 Å². The fraction of sp³-hybridized carbons (Fsp3) is 0.205. The monoisotopic (exact) mass is 767 g/mol. The Hall–Kier alpha value is -4.38. The van der Waals surface area contributed by atoms with E-state index in [1.807, 2.05) is 49.5 Å². The van der Waals surface area contributed by atoms with E-state index in [0.29, 0.717) is 5.71 Å². The summed E-state index contributed by atoms with van der Waals surface area (Å²) in [7, 11) is 0. The van der Waals surface area contributed by atoms with Crippen LogP contribution in [0.3, 0.4) is 0 Å². The Bertz CT molecular complexity index is 2190. The van der Waals surface area contributed by atoms with Gasteiger partial charge >= 0.3 is 0 Å². The average Bonchev–Trinajstić information content (AvgIpc) is 3.58. The quantitative estimate of drug-likeness (QED) is 0.168. The molecule has 5 nitrogen and oxygen atoms in total. The Balaban J connectivity index is 0.000000160. The summed E-state index contributed by atoms with van der Waals surface area (Å²) < 4.78 is 8.36. The maximum absolute atomic E-state index is 6.08. The van der Waals surface area contributed by atoms with Crippen molar-refractivity contribution in [2.75, 3.05) is 0 Å². The first-order chi connectivity index (χ1) is 21.2. The Morgan fingerprint density at radius 2 is 1.78 bits per heavy atom. The van der Waals surface area contributed by atoms with Crippen molar-refractivity contribution in [3.05, 3.63) is 120 Å². The molecule has 0 unspecified atom stereocenters. The number of hydrogen-bond acceptors (Lipinski definition) is 4. The third kappa shape index (κ3) is 6.01. The minimum atomic E-state index is 0. The third-order valence-corrected chi connectivity index (χ3v) is 7.94. The summed E-state index contributed by atoms with van der Waals surface area (Å²) in [6, 6.07) is 31.1. The van der Waals surface area contributed by atoms with Gasteiger partial charge in [-0.15, -0.1) is 54.1 Å². The first kappa shape index (κ1) is 30.6. The molecule has 0 N–H and O–H groups in total. The number of nitrogens with zero attached hydrogens (tertiary/aromatic N) is 4. The number of benzene rings is 3. The fourth-order valence-corrected chi connectivity index (χ4v) is 5.99. The topological polar surface area (TPSA) is 56.7 Å². The molecule has 45 heavy (non-hydrogen) atoms. The molecule has 0 fully saturated rings. The smallest absolute Gasteiger partial charge is 0.216 e. The number of fused-ring (bicyclic) bond motifs is 3. The number of allylic oxidation sites excluding steroid dienone is 1. The van der Waals surface area contributed by atoms with Crippen molar-refractivity contribution in [3.63, 3.8) is 0 Å². The molecule has 1 aliphatic rings. The largest absolute Gasteiger partial charge is 0.486 e. The van der Waals surface area contributed by atoms with Gasteiger partial charge in [0.2, 0.25) is 5.71 Å². The van der Waals surface area contributed by atoms with Crippen LogP contribution in [0.1, 0.15) is 43.2 Å². The standard InChI is InChI=1S/C22H21N2O.C17H13N2.Ir/c1-14-8-9-17-16-6-5-7-18(20(16)25-21(17)24-14)19-12-15(10-11-23-19)13-22(2,3)4;1-12-9-10-15-16-14(12)8-5-11-19(16)17(18-15)13-6-3-2-4-7-13;/h5-6,8-12H,13H2,1-4H3;2-6,8-10H,11H2,1H3;/q2*-1;. The number of pyridine rings is 2. The molecule has 0 atom stereocenters. The van der Waals surface area contributed by atoms with Gasteiger partial charge in [0.15, 0.2) is 0 Å². The van der Waals surface area contributed by atoms with Crippen molar-refractivity contribution in [2.45, 2.75) is 47.6 Å². The number of aromatic nitrogens is 4. The second kappa shape index (κ2) is 12.2. The number of imidazole rings is 1. The average molecular weight is 767 g/mol. The summed E-state index contributed by atoms with van der Waals surface area (Å²) in [5, 5.41) is 2.08. The van der Waals surface area contributed by atoms with E-state index >= 15 is 0 Å². The molecule has 7 aromatic rings. The van der Waals surface area contributed by atoms with Crippen molar-refractivity contribution in [2.24, 2.45) is 5.41 Å². The van der Waals surface area contributed by atoms with Crippen LogP contribution in [0.4, 0.5) is 0 Å². The van der Waals surface area contributed by atoms with E-state index in [1.165, 1.54) is 22.2 Å². The summed E-state index contributed by atoms with van der Waals surface area (Å²) in [6.45, 7) is 11.7. The molecule has 6 heteroatoms. The first-order valence-corrected chi connectivity index (χ1v) is 15.0. The van der Waals surface area contributed by atoms with E-state index in [4.69, 9.17) is 9.40 Å².